The molecule has 1 spiro atoms. The molecule has 2 fully saturated rings. The number of likely N-dealkylation sites (tertiary alicyclic amines) is 1. The van der Waals surface area contributed by atoms with Gasteiger partial charge in [-0.3, -0.25) is 9.52 Å². The first-order valence-electron chi connectivity index (χ1n) is 9.53. The second kappa shape index (κ2) is 9.33. The van der Waals surface area contributed by atoms with Crippen molar-refractivity contribution in [2.75, 3.05) is 36.7 Å². The summed E-state index contributed by atoms with van der Waals surface area (Å²) in [5, 5.41) is 3.39. The molecule has 0 unspecified atom stereocenters. The van der Waals surface area contributed by atoms with Gasteiger partial charge < -0.3 is 15.0 Å². The SMILES string of the molecule is CC(C)Oc1ccc(NS(=O)(=O)CC(=O)N2CCC3(CCNC3)CC2)cc1.Cl. The molecule has 9 heteroatoms. The Balaban J connectivity index is 0.00000280. The van der Waals surface area contributed by atoms with E-state index in [-0.39, 0.29) is 24.4 Å². The molecule has 2 aliphatic heterocycles. The molecule has 1 aromatic carbocycles. The maximum absolute atomic E-state index is 12.5. The van der Waals surface area contributed by atoms with Crippen LogP contribution >= 0.6 is 12.4 Å². The van der Waals surface area contributed by atoms with Crippen molar-refractivity contribution >= 4 is 34.0 Å². The minimum absolute atomic E-state index is 0. The van der Waals surface area contributed by atoms with Crippen LogP contribution in [0.4, 0.5) is 5.69 Å². The lowest BCUT2D eigenvalue weighted by atomic mass is 9.78. The number of benzene rings is 1. The van der Waals surface area contributed by atoms with Crippen LogP contribution in [0.25, 0.3) is 0 Å². The number of rotatable bonds is 6. The van der Waals surface area contributed by atoms with Gasteiger partial charge in [0.15, 0.2) is 0 Å². The second-order valence-electron chi connectivity index (χ2n) is 7.86. The van der Waals surface area contributed by atoms with Crippen molar-refractivity contribution in [3.63, 3.8) is 0 Å². The molecule has 158 valence electrons. The minimum atomic E-state index is -3.74. The van der Waals surface area contributed by atoms with Crippen LogP contribution in [0, 0.1) is 5.41 Å². The van der Waals surface area contributed by atoms with E-state index in [4.69, 9.17) is 4.74 Å². The number of ether oxygens (including phenoxy) is 1. The topological polar surface area (TPSA) is 87.7 Å². The summed E-state index contributed by atoms with van der Waals surface area (Å²) < 4.78 is 32.7. The summed E-state index contributed by atoms with van der Waals surface area (Å²) in [6, 6.07) is 6.69. The van der Waals surface area contributed by atoms with Crippen molar-refractivity contribution in [3.05, 3.63) is 24.3 Å². The number of hydrogen-bond acceptors (Lipinski definition) is 5. The summed E-state index contributed by atoms with van der Waals surface area (Å²) in [4.78, 5) is 14.1. The monoisotopic (exact) mass is 431 g/mol. The first-order valence-corrected chi connectivity index (χ1v) is 11.2. The van der Waals surface area contributed by atoms with Gasteiger partial charge in [-0.1, -0.05) is 0 Å². The number of nitrogens with one attached hydrogen (secondary N) is 2. The number of anilines is 1. The van der Waals surface area contributed by atoms with Crippen molar-refractivity contribution in [2.45, 2.75) is 39.2 Å². The first kappa shape index (κ1) is 22.8. The highest BCUT2D eigenvalue weighted by molar-refractivity contribution is 7.93. The van der Waals surface area contributed by atoms with Crippen LogP contribution < -0.4 is 14.8 Å². The van der Waals surface area contributed by atoms with Crippen molar-refractivity contribution < 1.29 is 17.9 Å². The third-order valence-corrected chi connectivity index (χ3v) is 6.50. The molecule has 3 rings (SSSR count). The maximum atomic E-state index is 12.5. The van der Waals surface area contributed by atoms with Crippen LogP contribution in [-0.2, 0) is 14.8 Å². The second-order valence-corrected chi connectivity index (χ2v) is 9.58. The normalized spacial score (nSPS) is 18.8. The van der Waals surface area contributed by atoms with E-state index in [0.717, 1.165) is 32.4 Å². The molecular formula is C19H30ClN3O4S. The van der Waals surface area contributed by atoms with Gasteiger partial charge in [-0.25, -0.2) is 8.42 Å². The molecule has 2 aliphatic rings. The average molecular weight is 432 g/mol. The molecule has 0 saturated carbocycles. The number of amides is 1. The number of piperidine rings is 1. The average Bonchev–Trinajstić information content (AvgIpc) is 3.04. The lowest BCUT2D eigenvalue weighted by Crippen LogP contribution is -2.46. The fourth-order valence-electron chi connectivity index (χ4n) is 3.80. The van der Waals surface area contributed by atoms with E-state index in [1.165, 1.54) is 0 Å². The fourth-order valence-corrected chi connectivity index (χ4v) is 4.87. The van der Waals surface area contributed by atoms with Crippen LogP contribution in [-0.4, -0.2) is 57.3 Å². The third kappa shape index (κ3) is 5.99. The number of sulfonamides is 1. The highest BCUT2D eigenvalue weighted by atomic mass is 35.5. The zero-order valence-corrected chi connectivity index (χ0v) is 18.1. The Hall–Kier alpha value is -1.51. The predicted molar refractivity (Wildman–Crippen MR) is 113 cm³/mol. The smallest absolute Gasteiger partial charge is 0.241 e. The Bertz CT molecular complexity index is 752. The molecule has 7 nitrogen and oxygen atoms in total. The van der Waals surface area contributed by atoms with Crippen molar-refractivity contribution in [1.29, 1.82) is 0 Å². The lowest BCUT2D eigenvalue weighted by molar-refractivity contribution is -0.130. The summed E-state index contributed by atoms with van der Waals surface area (Å²) in [5.74, 6) is -0.182. The van der Waals surface area contributed by atoms with Crippen molar-refractivity contribution in [2.24, 2.45) is 5.41 Å². The van der Waals surface area contributed by atoms with E-state index < -0.39 is 15.8 Å². The van der Waals surface area contributed by atoms with Crippen LogP contribution in [0.5, 0.6) is 5.75 Å². The van der Waals surface area contributed by atoms with E-state index in [1.807, 2.05) is 13.8 Å². The van der Waals surface area contributed by atoms with Crippen LogP contribution in [0.15, 0.2) is 24.3 Å². The van der Waals surface area contributed by atoms with E-state index >= 15 is 0 Å². The molecule has 0 bridgehead atoms. The first-order chi connectivity index (χ1) is 12.8. The highest BCUT2D eigenvalue weighted by Crippen LogP contribution is 2.36. The van der Waals surface area contributed by atoms with Gasteiger partial charge in [0.1, 0.15) is 11.5 Å². The minimum Gasteiger partial charge on any atom is -0.491 e. The van der Waals surface area contributed by atoms with Crippen molar-refractivity contribution in [3.8, 4) is 5.75 Å². The predicted octanol–water partition coefficient (Wildman–Crippen LogP) is 2.24. The number of carbonyl (C=O) groups excluding carboxylic acids is 1. The number of hydrogen-bond donors (Lipinski definition) is 2. The largest absolute Gasteiger partial charge is 0.491 e. The zero-order chi connectivity index (χ0) is 19.5. The quantitative estimate of drug-likeness (QED) is 0.721. The van der Waals surface area contributed by atoms with E-state index in [9.17, 15) is 13.2 Å². The molecule has 2 heterocycles. The molecule has 1 aromatic rings. The summed E-state index contributed by atoms with van der Waals surface area (Å²) in [6.07, 6.45) is 3.08. The van der Waals surface area contributed by atoms with E-state index in [2.05, 4.69) is 10.0 Å². The third-order valence-electron chi connectivity index (χ3n) is 5.32. The van der Waals surface area contributed by atoms with Gasteiger partial charge in [-0.15, -0.1) is 12.4 Å². The number of nitrogens with zero attached hydrogens (tertiary/aromatic N) is 1. The van der Waals surface area contributed by atoms with E-state index in [1.54, 1.807) is 29.2 Å². The van der Waals surface area contributed by atoms with Crippen molar-refractivity contribution in [1.82, 2.24) is 10.2 Å². The molecule has 1 amide bonds. The van der Waals surface area contributed by atoms with E-state index in [0.29, 0.717) is 29.9 Å². The van der Waals surface area contributed by atoms with Gasteiger partial charge >= 0.3 is 0 Å². The summed E-state index contributed by atoms with van der Waals surface area (Å²) >= 11 is 0. The van der Waals surface area contributed by atoms with Gasteiger partial charge in [0, 0.05) is 25.3 Å². The number of carbonyl (C=O) groups is 1. The Kier molecular flexibility index (Phi) is 7.59. The Labute approximate surface area is 173 Å². The fraction of sp³-hybridized carbons (Fsp3) is 0.632. The Morgan fingerprint density at radius 2 is 1.86 bits per heavy atom. The molecule has 28 heavy (non-hydrogen) atoms. The standard InChI is InChI=1S/C19H29N3O4S.ClH/c1-15(2)26-17-5-3-16(4-6-17)21-27(24,25)13-18(23)22-11-8-19(9-12-22)7-10-20-14-19;/h3-6,15,20-21H,7-14H2,1-2H3;1H. The number of halogens is 1. The molecule has 0 aromatic heterocycles. The molecule has 2 N–H and O–H groups in total. The zero-order valence-electron chi connectivity index (χ0n) is 16.4. The highest BCUT2D eigenvalue weighted by Gasteiger charge is 2.38. The van der Waals surface area contributed by atoms with Gasteiger partial charge in [0.25, 0.3) is 0 Å². The van der Waals surface area contributed by atoms with Crippen LogP contribution in [0.3, 0.4) is 0 Å². The Morgan fingerprint density at radius 1 is 1.21 bits per heavy atom. The molecule has 0 atom stereocenters. The van der Waals surface area contributed by atoms with Gasteiger partial charge in [0.05, 0.1) is 6.10 Å². The lowest BCUT2D eigenvalue weighted by Gasteiger charge is -2.38. The summed E-state index contributed by atoms with van der Waals surface area (Å²) in [5.41, 5.74) is 0.724. The molecule has 2 saturated heterocycles. The van der Waals surface area contributed by atoms with Crippen LogP contribution in [0.1, 0.15) is 33.1 Å². The Morgan fingerprint density at radius 3 is 2.39 bits per heavy atom. The van der Waals surface area contributed by atoms with Gasteiger partial charge in [-0.2, -0.15) is 0 Å². The van der Waals surface area contributed by atoms with Crippen LogP contribution in [0.2, 0.25) is 0 Å². The molecule has 0 aliphatic carbocycles. The summed E-state index contributed by atoms with van der Waals surface area (Å²) in [6.45, 7) is 7.16. The maximum Gasteiger partial charge on any atom is 0.241 e. The summed E-state index contributed by atoms with van der Waals surface area (Å²) in [7, 11) is -3.74. The molecular weight excluding hydrogens is 402 g/mol. The van der Waals surface area contributed by atoms with Gasteiger partial charge in [0.2, 0.25) is 15.9 Å². The van der Waals surface area contributed by atoms with Gasteiger partial charge in [-0.05, 0) is 69.3 Å². The molecule has 0 radical (unpaired) electrons.